The van der Waals surface area contributed by atoms with Crippen molar-refractivity contribution >= 4 is 5.97 Å². The highest BCUT2D eigenvalue weighted by Crippen LogP contribution is 2.21. The molecule has 3 aromatic rings. The summed E-state index contributed by atoms with van der Waals surface area (Å²) in [5, 5.41) is 0. The van der Waals surface area contributed by atoms with Gasteiger partial charge in [-0.25, -0.2) is 9.78 Å². The zero-order valence-corrected chi connectivity index (χ0v) is 14.5. The number of ether oxygens (including phenoxy) is 3. The second kappa shape index (κ2) is 8.11. The Bertz CT molecular complexity index is 877. The lowest BCUT2D eigenvalue weighted by Crippen LogP contribution is -2.07. The van der Waals surface area contributed by atoms with Crippen LogP contribution in [-0.4, -0.2) is 23.0 Å². The molecule has 0 unspecified atom stereocenters. The zero-order chi connectivity index (χ0) is 18.4. The Morgan fingerprint density at radius 3 is 2.42 bits per heavy atom. The normalized spacial score (nSPS) is 10.2. The second-order valence-corrected chi connectivity index (χ2v) is 5.60. The molecule has 0 amide bonds. The van der Waals surface area contributed by atoms with E-state index in [4.69, 9.17) is 14.2 Å². The molecule has 0 saturated heterocycles. The number of hydrogen-bond acceptors (Lipinski definition) is 6. The molecule has 0 N–H and O–H groups in total. The van der Waals surface area contributed by atoms with Crippen LogP contribution in [0, 0.1) is 6.92 Å². The predicted molar refractivity (Wildman–Crippen MR) is 95.4 cm³/mol. The molecule has 26 heavy (non-hydrogen) atoms. The van der Waals surface area contributed by atoms with Gasteiger partial charge in [-0.3, -0.25) is 4.98 Å². The minimum atomic E-state index is -0.519. The van der Waals surface area contributed by atoms with Gasteiger partial charge in [0.2, 0.25) is 0 Å². The van der Waals surface area contributed by atoms with Gasteiger partial charge in [0.15, 0.2) is 0 Å². The molecule has 0 bridgehead atoms. The molecule has 0 saturated carbocycles. The summed E-state index contributed by atoms with van der Waals surface area (Å²) in [4.78, 5) is 20.2. The number of rotatable bonds is 6. The summed E-state index contributed by atoms with van der Waals surface area (Å²) in [6.45, 7) is 2.10. The zero-order valence-electron chi connectivity index (χ0n) is 14.5. The third-order valence-electron chi connectivity index (χ3n) is 3.58. The first-order valence-electron chi connectivity index (χ1n) is 7.99. The van der Waals surface area contributed by atoms with Gasteiger partial charge in [-0.15, -0.1) is 0 Å². The first-order chi connectivity index (χ1) is 12.6. The van der Waals surface area contributed by atoms with E-state index >= 15 is 0 Å². The van der Waals surface area contributed by atoms with Crippen LogP contribution in [0.2, 0.25) is 0 Å². The summed E-state index contributed by atoms with van der Waals surface area (Å²) in [7, 11) is 1.55. The lowest BCUT2D eigenvalue weighted by atomic mass is 10.2. The number of methoxy groups -OCH3 is 1. The van der Waals surface area contributed by atoms with Gasteiger partial charge in [0.05, 0.1) is 19.5 Å². The fourth-order valence-electron chi connectivity index (χ4n) is 2.18. The summed E-state index contributed by atoms with van der Waals surface area (Å²) in [5.74, 6) is 1.34. The lowest BCUT2D eigenvalue weighted by molar-refractivity contribution is 0.0465. The number of carbonyl (C=O) groups excluding carboxylic acids is 1. The molecule has 0 spiro atoms. The highest BCUT2D eigenvalue weighted by molar-refractivity contribution is 5.87. The third-order valence-corrected chi connectivity index (χ3v) is 3.58. The number of aromatic nitrogens is 2. The first kappa shape index (κ1) is 17.4. The van der Waals surface area contributed by atoms with Crippen LogP contribution in [0.4, 0.5) is 0 Å². The van der Waals surface area contributed by atoms with E-state index in [1.165, 1.54) is 6.20 Å². The van der Waals surface area contributed by atoms with E-state index in [0.717, 1.165) is 11.1 Å². The summed E-state index contributed by atoms with van der Waals surface area (Å²) in [5.41, 5.74) is 2.09. The van der Waals surface area contributed by atoms with Crippen molar-refractivity contribution in [2.45, 2.75) is 13.5 Å². The van der Waals surface area contributed by atoms with Crippen molar-refractivity contribution in [3.05, 3.63) is 77.9 Å². The maximum atomic E-state index is 12.1. The van der Waals surface area contributed by atoms with Crippen molar-refractivity contribution < 1.29 is 19.0 Å². The number of pyridine rings is 2. The number of hydrogen-bond donors (Lipinski definition) is 0. The number of esters is 1. The maximum Gasteiger partial charge on any atom is 0.357 e. The van der Waals surface area contributed by atoms with Crippen molar-refractivity contribution in [3.8, 4) is 17.2 Å². The van der Waals surface area contributed by atoms with Crippen molar-refractivity contribution in [1.29, 1.82) is 0 Å². The molecular weight excluding hydrogens is 332 g/mol. The summed E-state index contributed by atoms with van der Waals surface area (Å²) >= 11 is 0. The van der Waals surface area contributed by atoms with Crippen LogP contribution in [0.3, 0.4) is 0 Å². The standard InChI is InChI=1S/C20H18N2O4/c1-14-3-5-16(6-4-14)26-17-7-8-19(22-12-17)20(23)25-13-15-9-18(24-2)11-21-10-15/h3-12H,13H2,1-2H3. The molecular formula is C20H18N2O4. The minimum Gasteiger partial charge on any atom is -0.495 e. The molecule has 0 fully saturated rings. The molecule has 0 aliphatic rings. The second-order valence-electron chi connectivity index (χ2n) is 5.60. The molecule has 3 rings (SSSR count). The fraction of sp³-hybridized carbons (Fsp3) is 0.150. The van der Waals surface area contributed by atoms with E-state index in [2.05, 4.69) is 9.97 Å². The van der Waals surface area contributed by atoms with E-state index in [1.807, 2.05) is 31.2 Å². The molecule has 0 aliphatic heterocycles. The molecule has 0 aliphatic carbocycles. The Balaban J connectivity index is 1.58. The van der Waals surface area contributed by atoms with Gasteiger partial charge in [-0.2, -0.15) is 0 Å². The summed E-state index contributed by atoms with van der Waals surface area (Å²) in [6.07, 6.45) is 4.69. The van der Waals surface area contributed by atoms with Crippen LogP contribution in [0.15, 0.2) is 61.1 Å². The van der Waals surface area contributed by atoms with Gasteiger partial charge >= 0.3 is 5.97 Å². The lowest BCUT2D eigenvalue weighted by Gasteiger charge is -2.07. The number of aryl methyl sites for hydroxylation is 1. The Morgan fingerprint density at radius 2 is 1.73 bits per heavy atom. The summed E-state index contributed by atoms with van der Waals surface area (Å²) in [6, 6.07) is 12.7. The average Bonchev–Trinajstić information content (AvgIpc) is 2.68. The Hall–Kier alpha value is -3.41. The molecule has 2 aromatic heterocycles. The van der Waals surface area contributed by atoms with E-state index < -0.39 is 5.97 Å². The molecule has 2 heterocycles. The van der Waals surface area contributed by atoms with Gasteiger partial charge in [-0.05, 0) is 37.3 Å². The van der Waals surface area contributed by atoms with Crippen LogP contribution in [-0.2, 0) is 11.3 Å². The fourth-order valence-corrected chi connectivity index (χ4v) is 2.18. The smallest absolute Gasteiger partial charge is 0.357 e. The monoisotopic (exact) mass is 350 g/mol. The number of carbonyl (C=O) groups is 1. The Morgan fingerprint density at radius 1 is 0.962 bits per heavy atom. The van der Waals surface area contributed by atoms with E-state index in [1.54, 1.807) is 37.7 Å². The molecule has 132 valence electrons. The van der Waals surface area contributed by atoms with Crippen molar-refractivity contribution in [2.24, 2.45) is 0 Å². The summed E-state index contributed by atoms with van der Waals surface area (Å²) < 4.78 is 16.0. The predicted octanol–water partition coefficient (Wildman–Crippen LogP) is 3.94. The van der Waals surface area contributed by atoms with E-state index in [0.29, 0.717) is 17.2 Å². The van der Waals surface area contributed by atoms with Crippen LogP contribution in [0.5, 0.6) is 17.2 Å². The molecule has 0 radical (unpaired) electrons. The van der Waals surface area contributed by atoms with Gasteiger partial charge in [-0.1, -0.05) is 17.7 Å². The maximum absolute atomic E-state index is 12.1. The minimum absolute atomic E-state index is 0.0896. The van der Waals surface area contributed by atoms with Crippen LogP contribution >= 0.6 is 0 Å². The highest BCUT2D eigenvalue weighted by atomic mass is 16.5. The third kappa shape index (κ3) is 4.57. The SMILES string of the molecule is COc1cncc(COC(=O)c2ccc(Oc3ccc(C)cc3)cn2)c1. The van der Waals surface area contributed by atoms with E-state index in [9.17, 15) is 4.79 Å². The van der Waals surface area contributed by atoms with Gasteiger partial charge in [0.25, 0.3) is 0 Å². The van der Waals surface area contributed by atoms with Crippen LogP contribution in [0.1, 0.15) is 21.6 Å². The molecule has 6 nitrogen and oxygen atoms in total. The van der Waals surface area contributed by atoms with Crippen molar-refractivity contribution in [1.82, 2.24) is 9.97 Å². The van der Waals surface area contributed by atoms with Crippen molar-refractivity contribution in [2.75, 3.05) is 7.11 Å². The first-order valence-corrected chi connectivity index (χ1v) is 7.99. The van der Waals surface area contributed by atoms with Gasteiger partial charge in [0.1, 0.15) is 29.5 Å². The number of nitrogens with zero attached hydrogens (tertiary/aromatic N) is 2. The van der Waals surface area contributed by atoms with Crippen LogP contribution in [0.25, 0.3) is 0 Å². The largest absolute Gasteiger partial charge is 0.495 e. The van der Waals surface area contributed by atoms with E-state index in [-0.39, 0.29) is 12.3 Å². The average molecular weight is 350 g/mol. The molecule has 1 aromatic carbocycles. The molecule has 0 atom stereocenters. The number of benzene rings is 1. The van der Waals surface area contributed by atoms with Crippen LogP contribution < -0.4 is 9.47 Å². The molecule has 6 heteroatoms. The Labute approximate surface area is 151 Å². The Kier molecular flexibility index (Phi) is 5.43. The van der Waals surface area contributed by atoms with Crippen molar-refractivity contribution in [3.63, 3.8) is 0 Å². The van der Waals surface area contributed by atoms with Gasteiger partial charge < -0.3 is 14.2 Å². The quantitative estimate of drug-likeness (QED) is 0.627. The topological polar surface area (TPSA) is 70.5 Å². The highest BCUT2D eigenvalue weighted by Gasteiger charge is 2.10. The van der Waals surface area contributed by atoms with Gasteiger partial charge in [0, 0.05) is 11.8 Å².